The molecule has 0 radical (unpaired) electrons. The first-order valence-electron chi connectivity index (χ1n) is 5.68. The van der Waals surface area contributed by atoms with E-state index in [4.69, 9.17) is 13.9 Å². The minimum Gasteiger partial charge on any atom is -0.493 e. The molecule has 0 spiro atoms. The first-order valence-corrected chi connectivity index (χ1v) is 6.47. The predicted molar refractivity (Wildman–Crippen MR) is 76.0 cm³/mol. The Labute approximate surface area is 127 Å². The number of hydrogen-bond donors (Lipinski definition) is 0. The highest BCUT2D eigenvalue weighted by Crippen LogP contribution is 2.34. The lowest BCUT2D eigenvalue weighted by molar-refractivity contribution is -0.402. The van der Waals surface area contributed by atoms with Crippen LogP contribution in [0.3, 0.4) is 0 Å². The maximum Gasteiger partial charge on any atom is 0.433 e. The molecule has 2 rings (SSSR count). The van der Waals surface area contributed by atoms with E-state index in [1.54, 1.807) is 6.07 Å². The number of carbonyl (C=O) groups excluding carboxylic acids is 1. The molecule has 1 heterocycles. The number of benzene rings is 1. The van der Waals surface area contributed by atoms with E-state index >= 15 is 0 Å². The first-order chi connectivity index (χ1) is 9.97. The van der Waals surface area contributed by atoms with Crippen molar-refractivity contribution < 1.29 is 23.6 Å². The lowest BCUT2D eigenvalue weighted by atomic mass is 10.1. The molecule has 0 saturated heterocycles. The number of nitrogens with zero attached hydrogens (tertiary/aromatic N) is 1. The number of hydrogen-bond acceptors (Lipinski definition) is 6. The smallest absolute Gasteiger partial charge is 0.433 e. The highest BCUT2D eigenvalue weighted by molar-refractivity contribution is 9.10. The van der Waals surface area contributed by atoms with Crippen molar-refractivity contribution in [2.75, 3.05) is 14.2 Å². The van der Waals surface area contributed by atoms with Crippen molar-refractivity contribution in [2.45, 2.75) is 0 Å². The number of ether oxygens (including phenoxy) is 2. The average Bonchev–Trinajstić information content (AvgIpc) is 2.96. The van der Waals surface area contributed by atoms with Gasteiger partial charge in [0.2, 0.25) is 5.78 Å². The van der Waals surface area contributed by atoms with Crippen molar-refractivity contribution in [1.29, 1.82) is 0 Å². The van der Waals surface area contributed by atoms with Gasteiger partial charge in [0.05, 0.1) is 20.3 Å². The Hall–Kier alpha value is -2.35. The Balaban J connectivity index is 2.44. The van der Waals surface area contributed by atoms with Gasteiger partial charge >= 0.3 is 5.88 Å². The van der Waals surface area contributed by atoms with Gasteiger partial charge in [0.15, 0.2) is 17.3 Å². The molecular weight excluding hydrogens is 346 g/mol. The number of nitro groups is 1. The van der Waals surface area contributed by atoms with Gasteiger partial charge in [-0.15, -0.1) is 0 Å². The van der Waals surface area contributed by atoms with Gasteiger partial charge in [0.1, 0.15) is 4.92 Å². The van der Waals surface area contributed by atoms with E-state index in [1.807, 2.05) is 0 Å². The maximum absolute atomic E-state index is 12.3. The van der Waals surface area contributed by atoms with Crippen LogP contribution < -0.4 is 9.47 Å². The molecule has 0 fully saturated rings. The fraction of sp³-hybridized carbons (Fsp3) is 0.154. The molecule has 2 aromatic rings. The number of ketones is 1. The molecule has 0 N–H and O–H groups in total. The third-order valence-electron chi connectivity index (χ3n) is 2.71. The van der Waals surface area contributed by atoms with Crippen molar-refractivity contribution >= 4 is 27.6 Å². The molecule has 0 bridgehead atoms. The van der Waals surface area contributed by atoms with Crippen molar-refractivity contribution in [1.82, 2.24) is 0 Å². The monoisotopic (exact) mass is 355 g/mol. The van der Waals surface area contributed by atoms with Crippen LogP contribution in [0.15, 0.2) is 33.2 Å². The van der Waals surface area contributed by atoms with E-state index in [0.29, 0.717) is 16.0 Å². The Morgan fingerprint density at radius 2 is 1.86 bits per heavy atom. The zero-order chi connectivity index (χ0) is 15.6. The van der Waals surface area contributed by atoms with E-state index in [-0.39, 0.29) is 11.3 Å². The molecular formula is C13H10BrNO6. The van der Waals surface area contributed by atoms with Crippen LogP contribution in [0.1, 0.15) is 16.1 Å². The summed E-state index contributed by atoms with van der Waals surface area (Å²) in [7, 11) is 2.92. The SMILES string of the molecule is COc1cc(Br)c(C(=O)c2ccc([N+](=O)[O-])o2)cc1OC. The second-order valence-corrected chi connectivity index (χ2v) is 4.77. The van der Waals surface area contributed by atoms with Gasteiger partial charge in [-0.25, -0.2) is 0 Å². The molecule has 1 aromatic heterocycles. The molecule has 0 aliphatic carbocycles. The molecule has 1 aromatic carbocycles. The Morgan fingerprint density at radius 1 is 1.24 bits per heavy atom. The van der Waals surface area contributed by atoms with Crippen LogP contribution in [-0.4, -0.2) is 24.9 Å². The minimum absolute atomic E-state index is 0.130. The summed E-state index contributed by atoms with van der Waals surface area (Å²) in [5.74, 6) is -0.308. The number of halogens is 1. The van der Waals surface area contributed by atoms with Crippen molar-refractivity contribution in [3.05, 3.63) is 50.2 Å². The second-order valence-electron chi connectivity index (χ2n) is 3.91. The van der Waals surface area contributed by atoms with E-state index in [2.05, 4.69) is 15.9 Å². The van der Waals surface area contributed by atoms with Crippen molar-refractivity contribution in [3.8, 4) is 11.5 Å². The van der Waals surface area contributed by atoms with E-state index in [1.165, 1.54) is 26.4 Å². The van der Waals surface area contributed by atoms with Crippen LogP contribution in [0.4, 0.5) is 5.88 Å². The Bertz CT molecular complexity index is 709. The fourth-order valence-corrected chi connectivity index (χ4v) is 2.21. The van der Waals surface area contributed by atoms with Crippen molar-refractivity contribution in [3.63, 3.8) is 0 Å². The van der Waals surface area contributed by atoms with Gasteiger partial charge < -0.3 is 13.9 Å². The molecule has 0 unspecified atom stereocenters. The molecule has 0 aliphatic rings. The Kier molecular flexibility index (Phi) is 4.27. The molecule has 8 heteroatoms. The summed E-state index contributed by atoms with van der Waals surface area (Å²) in [6.45, 7) is 0. The third kappa shape index (κ3) is 2.89. The minimum atomic E-state index is -0.708. The zero-order valence-electron chi connectivity index (χ0n) is 11.1. The topological polar surface area (TPSA) is 91.8 Å². The summed E-state index contributed by atoms with van der Waals surface area (Å²) in [5.41, 5.74) is 0.247. The summed E-state index contributed by atoms with van der Waals surface area (Å²) in [6.07, 6.45) is 0. The zero-order valence-corrected chi connectivity index (χ0v) is 12.7. The molecule has 0 aliphatic heterocycles. The highest BCUT2D eigenvalue weighted by Gasteiger charge is 2.22. The van der Waals surface area contributed by atoms with Crippen LogP contribution >= 0.6 is 15.9 Å². The van der Waals surface area contributed by atoms with E-state index in [0.717, 1.165) is 6.07 Å². The summed E-state index contributed by atoms with van der Waals surface area (Å²) in [4.78, 5) is 22.2. The standard InChI is InChI=1S/C13H10BrNO6/c1-19-10-5-7(8(14)6-11(10)20-2)13(16)9-3-4-12(21-9)15(17)18/h3-6H,1-2H3. The van der Waals surface area contributed by atoms with Crippen LogP contribution in [0.25, 0.3) is 0 Å². The molecule has 21 heavy (non-hydrogen) atoms. The summed E-state index contributed by atoms with van der Waals surface area (Å²) in [6, 6.07) is 5.43. The molecule has 0 amide bonds. The van der Waals surface area contributed by atoms with Crippen LogP contribution in [0.2, 0.25) is 0 Å². The summed E-state index contributed by atoms with van der Waals surface area (Å²) in [5, 5.41) is 10.6. The molecule has 0 saturated carbocycles. The van der Waals surface area contributed by atoms with Gasteiger partial charge in [-0.3, -0.25) is 14.9 Å². The molecule has 0 atom stereocenters. The highest BCUT2D eigenvalue weighted by atomic mass is 79.9. The number of furan rings is 1. The largest absolute Gasteiger partial charge is 0.493 e. The quantitative estimate of drug-likeness (QED) is 0.464. The lowest BCUT2D eigenvalue weighted by Crippen LogP contribution is -2.03. The first kappa shape index (κ1) is 15.0. The van der Waals surface area contributed by atoms with Gasteiger partial charge in [-0.1, -0.05) is 0 Å². The number of methoxy groups -OCH3 is 2. The van der Waals surface area contributed by atoms with Crippen LogP contribution in [-0.2, 0) is 0 Å². The van der Waals surface area contributed by atoms with E-state index in [9.17, 15) is 14.9 Å². The third-order valence-corrected chi connectivity index (χ3v) is 3.37. The van der Waals surface area contributed by atoms with Gasteiger partial charge in [-0.2, -0.15) is 0 Å². The van der Waals surface area contributed by atoms with Crippen molar-refractivity contribution in [2.24, 2.45) is 0 Å². The fourth-order valence-electron chi connectivity index (χ4n) is 1.71. The summed E-state index contributed by atoms with van der Waals surface area (Å²) >= 11 is 3.25. The summed E-state index contributed by atoms with van der Waals surface area (Å²) < 4.78 is 15.6. The van der Waals surface area contributed by atoms with Gasteiger partial charge in [0, 0.05) is 10.0 Å². The molecule has 110 valence electrons. The maximum atomic E-state index is 12.3. The lowest BCUT2D eigenvalue weighted by Gasteiger charge is -2.10. The number of rotatable bonds is 5. The van der Waals surface area contributed by atoms with Gasteiger partial charge in [0.25, 0.3) is 0 Å². The second kappa shape index (κ2) is 5.96. The normalized spacial score (nSPS) is 10.2. The Morgan fingerprint density at radius 3 is 2.38 bits per heavy atom. The predicted octanol–water partition coefficient (Wildman–Crippen LogP) is 3.20. The van der Waals surface area contributed by atoms with Crippen LogP contribution in [0.5, 0.6) is 11.5 Å². The average molecular weight is 356 g/mol. The molecule has 7 nitrogen and oxygen atoms in total. The van der Waals surface area contributed by atoms with Gasteiger partial charge in [-0.05, 0) is 34.1 Å². The van der Waals surface area contributed by atoms with E-state index < -0.39 is 16.6 Å². The van der Waals surface area contributed by atoms with Crippen LogP contribution in [0, 0.1) is 10.1 Å². The number of carbonyl (C=O) groups is 1.